The van der Waals surface area contributed by atoms with Gasteiger partial charge in [0, 0.05) is 34.2 Å². The van der Waals surface area contributed by atoms with E-state index in [1.807, 2.05) is 23.0 Å². The van der Waals surface area contributed by atoms with E-state index < -0.39 is 11.9 Å². The fourth-order valence-corrected chi connectivity index (χ4v) is 8.12. The first kappa shape index (κ1) is 21.6. The first-order chi connectivity index (χ1) is 16.4. The molecule has 4 aliphatic rings. The Bertz CT molecular complexity index is 1290. The molecule has 1 spiro atoms. The molecule has 2 saturated carbocycles. The Hall–Kier alpha value is -2.87. The van der Waals surface area contributed by atoms with Gasteiger partial charge >= 0.3 is 0 Å². The van der Waals surface area contributed by atoms with Crippen molar-refractivity contribution in [2.24, 2.45) is 5.41 Å². The molecule has 2 aromatic rings. The molecule has 8 nitrogen and oxygen atoms in total. The van der Waals surface area contributed by atoms with E-state index in [9.17, 15) is 14.4 Å². The molecular formula is C25H24IN5O3. The maximum absolute atomic E-state index is 12.8. The Labute approximate surface area is 207 Å². The van der Waals surface area contributed by atoms with Gasteiger partial charge in [0.25, 0.3) is 5.91 Å². The molecular weight excluding hydrogens is 545 g/mol. The average molecular weight is 569 g/mol. The van der Waals surface area contributed by atoms with E-state index in [0.29, 0.717) is 33.9 Å². The first-order valence-corrected chi connectivity index (χ1v) is 13.9. The van der Waals surface area contributed by atoms with Crippen LogP contribution < -0.4 is 5.32 Å². The third-order valence-corrected chi connectivity index (χ3v) is 9.41. The highest BCUT2D eigenvalue weighted by molar-refractivity contribution is 14.1. The molecule has 3 amide bonds. The summed E-state index contributed by atoms with van der Waals surface area (Å²) in [5.74, 6) is 5.50. The lowest BCUT2D eigenvalue weighted by atomic mass is 9.54. The van der Waals surface area contributed by atoms with Gasteiger partial charge in [0.1, 0.15) is 6.04 Å². The van der Waals surface area contributed by atoms with E-state index in [1.165, 1.54) is 25.7 Å². The van der Waals surface area contributed by atoms with Crippen LogP contribution in [0.15, 0.2) is 30.6 Å². The quantitative estimate of drug-likeness (QED) is 0.256. The highest BCUT2D eigenvalue weighted by atomic mass is 127. The van der Waals surface area contributed by atoms with Crippen molar-refractivity contribution in [3.63, 3.8) is 0 Å². The van der Waals surface area contributed by atoms with Crippen molar-refractivity contribution in [1.29, 1.82) is 3.56 Å². The molecule has 2 N–H and O–H groups in total. The number of hydrogen-bond donors (Lipinski definition) is 2. The molecule has 3 fully saturated rings. The number of imide groups is 1. The molecule has 1 aromatic carbocycles. The van der Waals surface area contributed by atoms with Crippen LogP contribution in [0.1, 0.15) is 71.6 Å². The minimum atomic E-state index is -0.608. The number of nitrogens with one attached hydrogen (secondary N) is 2. The normalized spacial score (nSPS) is 29.7. The van der Waals surface area contributed by atoms with Crippen LogP contribution in [0, 0.1) is 20.8 Å². The van der Waals surface area contributed by atoms with Crippen molar-refractivity contribution < 1.29 is 14.4 Å². The summed E-state index contributed by atoms with van der Waals surface area (Å²) in [6.45, 7) is 0.348. The Morgan fingerprint density at radius 3 is 2.68 bits per heavy atom. The van der Waals surface area contributed by atoms with Gasteiger partial charge in [-0.05, 0) is 82.3 Å². The SMILES string of the molecule is N=IC1CC2(C1)CC(n1cc(C#Cc3ccc4c(c3)CN(C3CCC(=O)NC3=O)C4=O)cn1)C2. The van der Waals surface area contributed by atoms with Crippen molar-refractivity contribution in [3.05, 3.63) is 52.8 Å². The van der Waals surface area contributed by atoms with Crippen molar-refractivity contribution in [2.75, 3.05) is 0 Å². The minimum absolute atomic E-state index is 0.175. The molecule has 34 heavy (non-hydrogen) atoms. The van der Waals surface area contributed by atoms with Crippen LogP contribution >= 0.6 is 21.0 Å². The fourth-order valence-electron chi connectivity index (χ4n) is 5.82. The van der Waals surface area contributed by atoms with Gasteiger partial charge in [-0.25, -0.2) is 0 Å². The number of fused-ring (bicyclic) bond motifs is 1. The molecule has 2 aliphatic carbocycles. The third-order valence-electron chi connectivity index (χ3n) is 7.65. The number of piperidine rings is 1. The Morgan fingerprint density at radius 1 is 1.12 bits per heavy atom. The van der Waals surface area contributed by atoms with Gasteiger partial charge in [-0.3, -0.25) is 27.9 Å². The highest BCUT2D eigenvalue weighted by Gasteiger charge is 2.53. The van der Waals surface area contributed by atoms with Gasteiger partial charge in [0.15, 0.2) is 0 Å². The predicted octanol–water partition coefficient (Wildman–Crippen LogP) is 3.26. The van der Waals surface area contributed by atoms with E-state index in [1.54, 1.807) is 17.2 Å². The zero-order valence-electron chi connectivity index (χ0n) is 18.5. The number of carbonyl (C=O) groups is 3. The number of amides is 3. The number of alkyl halides is 1. The Balaban J connectivity index is 1.12. The van der Waals surface area contributed by atoms with Gasteiger partial charge in [-0.2, -0.15) is 5.10 Å². The third kappa shape index (κ3) is 3.68. The van der Waals surface area contributed by atoms with Gasteiger partial charge < -0.3 is 4.90 Å². The summed E-state index contributed by atoms with van der Waals surface area (Å²) in [6.07, 6.45) is 9.25. The largest absolute Gasteiger partial charge is 0.322 e. The molecule has 2 aliphatic heterocycles. The van der Waals surface area contributed by atoms with E-state index in [-0.39, 0.29) is 39.3 Å². The number of hydrogen-bond acceptors (Lipinski definition) is 5. The van der Waals surface area contributed by atoms with Crippen molar-refractivity contribution in [3.8, 4) is 11.8 Å². The maximum atomic E-state index is 12.8. The molecule has 1 aromatic heterocycles. The topological polar surface area (TPSA) is 108 Å². The average Bonchev–Trinajstić information content (AvgIpc) is 3.35. The zero-order valence-corrected chi connectivity index (χ0v) is 20.7. The summed E-state index contributed by atoms with van der Waals surface area (Å²) in [6, 6.07) is 5.36. The molecule has 1 atom stereocenters. The number of rotatable bonds is 3. The van der Waals surface area contributed by atoms with Crippen LogP contribution in [0.2, 0.25) is 0 Å². The molecule has 1 unspecified atom stereocenters. The van der Waals surface area contributed by atoms with E-state index >= 15 is 0 Å². The number of benzene rings is 1. The lowest BCUT2D eigenvalue weighted by Gasteiger charge is -2.56. The van der Waals surface area contributed by atoms with E-state index in [0.717, 1.165) is 16.7 Å². The Morgan fingerprint density at radius 2 is 1.91 bits per heavy atom. The van der Waals surface area contributed by atoms with Crippen LogP contribution in [-0.2, 0) is 16.1 Å². The summed E-state index contributed by atoms with van der Waals surface area (Å²) in [7, 11) is 0. The van der Waals surface area contributed by atoms with Gasteiger partial charge in [-0.15, -0.1) is 0 Å². The monoisotopic (exact) mass is 569 g/mol. The maximum Gasteiger partial charge on any atom is 0.255 e. The molecule has 6 rings (SSSR count). The summed E-state index contributed by atoms with van der Waals surface area (Å²) < 4.78 is 10.4. The van der Waals surface area contributed by atoms with Gasteiger partial charge in [-0.1, -0.05) is 11.8 Å². The highest BCUT2D eigenvalue weighted by Crippen LogP contribution is 2.62. The second-order valence-corrected chi connectivity index (χ2v) is 12.3. The first-order valence-electron chi connectivity index (χ1n) is 11.6. The Kier molecular flexibility index (Phi) is 5.17. The molecule has 0 bridgehead atoms. The summed E-state index contributed by atoms with van der Waals surface area (Å²) in [4.78, 5) is 38.0. The molecule has 0 radical (unpaired) electrons. The minimum Gasteiger partial charge on any atom is -0.322 e. The standard InChI is InChI=1S/C25H24IN5O3/c27-26-18-8-25(9-18)10-19(11-25)31-13-16(12-28-31)2-1-15-3-4-20-17(7-15)14-30(24(20)34)21-5-6-22(32)29-23(21)33/h3-4,7,12-13,18-19,21,27H,5-6,8-11,14H2,(H,29,32,33). The summed E-state index contributed by atoms with van der Waals surface area (Å²) in [5.41, 5.74) is 3.62. The second-order valence-electron chi connectivity index (χ2n) is 9.91. The van der Waals surface area contributed by atoms with Crippen LogP contribution in [0.25, 0.3) is 0 Å². The van der Waals surface area contributed by atoms with Crippen molar-refractivity contribution in [1.82, 2.24) is 20.0 Å². The molecule has 1 saturated heterocycles. The smallest absolute Gasteiger partial charge is 0.255 e. The molecule has 9 heteroatoms. The lowest BCUT2D eigenvalue weighted by Crippen LogP contribution is -2.52. The number of nitrogens with zero attached hydrogens (tertiary/aromatic N) is 3. The van der Waals surface area contributed by atoms with Crippen LogP contribution in [0.3, 0.4) is 0 Å². The lowest BCUT2D eigenvalue weighted by molar-refractivity contribution is -0.136. The zero-order chi connectivity index (χ0) is 23.4. The summed E-state index contributed by atoms with van der Waals surface area (Å²) in [5, 5.41) is 6.86. The van der Waals surface area contributed by atoms with Crippen molar-refractivity contribution in [2.45, 2.75) is 61.1 Å². The van der Waals surface area contributed by atoms with E-state index in [2.05, 4.69) is 22.3 Å². The second kappa shape index (κ2) is 8.12. The number of halogens is 1. The molecule has 3 heterocycles. The van der Waals surface area contributed by atoms with Crippen molar-refractivity contribution >= 4 is 38.8 Å². The van der Waals surface area contributed by atoms with Gasteiger partial charge in [0.2, 0.25) is 11.8 Å². The summed E-state index contributed by atoms with van der Waals surface area (Å²) >= 11 is -0.351. The van der Waals surface area contributed by atoms with Crippen LogP contribution in [-0.4, -0.2) is 42.4 Å². The fraction of sp³-hybridized carbons (Fsp3) is 0.440. The number of aromatic nitrogens is 2. The van der Waals surface area contributed by atoms with Crippen LogP contribution in [0.5, 0.6) is 0 Å². The number of carbonyl (C=O) groups excluding carboxylic acids is 3. The molecule has 174 valence electrons. The van der Waals surface area contributed by atoms with Crippen LogP contribution in [0.4, 0.5) is 0 Å². The predicted molar refractivity (Wildman–Crippen MR) is 131 cm³/mol. The van der Waals surface area contributed by atoms with E-state index in [4.69, 9.17) is 3.56 Å². The van der Waals surface area contributed by atoms with Gasteiger partial charge in [0.05, 0.1) is 17.8 Å².